The number of hydrogen-bond donors (Lipinski definition) is 0. The number of benzene rings is 2. The number of unbranched alkanes of at least 4 members (excludes halogenated alkanes) is 1. The van der Waals surface area contributed by atoms with Gasteiger partial charge in [-0.25, -0.2) is 0 Å². The Labute approximate surface area is 136 Å². The van der Waals surface area contributed by atoms with E-state index in [0.717, 1.165) is 23.6 Å². The number of ether oxygens (including phenoxy) is 2. The van der Waals surface area contributed by atoms with Crippen molar-refractivity contribution in [1.29, 1.82) is 0 Å². The van der Waals surface area contributed by atoms with E-state index in [-0.39, 0.29) is 24.8 Å². The van der Waals surface area contributed by atoms with Crippen LogP contribution in [0.15, 0.2) is 42.5 Å². The monoisotopic (exact) mass is 314 g/mol. The van der Waals surface area contributed by atoms with Crippen LogP contribution in [0.2, 0.25) is 0 Å². The zero-order chi connectivity index (χ0) is 16.5. The zero-order valence-corrected chi connectivity index (χ0v) is 13.4. The first-order valence-electron chi connectivity index (χ1n) is 8.04. The topological polar surface area (TPSA) is 52.6 Å². The van der Waals surface area contributed by atoms with Crippen LogP contribution < -0.4 is 4.74 Å². The zero-order valence-electron chi connectivity index (χ0n) is 13.4. The first kappa shape index (κ1) is 17.0. The van der Waals surface area contributed by atoms with E-state index in [9.17, 15) is 9.59 Å². The molecule has 0 saturated carbocycles. The molecule has 0 saturated heterocycles. The predicted octanol–water partition coefficient (Wildman–Crippen LogP) is 4.26. The van der Waals surface area contributed by atoms with Crippen molar-refractivity contribution in [3.63, 3.8) is 0 Å². The van der Waals surface area contributed by atoms with Crippen molar-refractivity contribution >= 4 is 22.7 Å². The molecule has 0 aromatic heterocycles. The van der Waals surface area contributed by atoms with Gasteiger partial charge in [0.2, 0.25) is 0 Å². The van der Waals surface area contributed by atoms with E-state index in [4.69, 9.17) is 9.47 Å². The fourth-order valence-corrected chi connectivity index (χ4v) is 2.19. The molecule has 2 rings (SSSR count). The number of esters is 2. The van der Waals surface area contributed by atoms with E-state index in [1.807, 2.05) is 43.3 Å². The van der Waals surface area contributed by atoms with Gasteiger partial charge in [-0.15, -0.1) is 0 Å². The van der Waals surface area contributed by atoms with E-state index in [1.54, 1.807) is 6.07 Å². The van der Waals surface area contributed by atoms with Crippen molar-refractivity contribution in [3.8, 4) is 5.75 Å². The lowest BCUT2D eigenvalue weighted by molar-refractivity contribution is -0.144. The summed E-state index contributed by atoms with van der Waals surface area (Å²) in [6.07, 6.45) is 2.75. The van der Waals surface area contributed by atoms with E-state index >= 15 is 0 Å². The van der Waals surface area contributed by atoms with Gasteiger partial charge in [0.25, 0.3) is 0 Å². The molecule has 0 atom stereocenters. The smallest absolute Gasteiger partial charge is 0.311 e. The Balaban J connectivity index is 1.74. The Morgan fingerprint density at radius 2 is 1.65 bits per heavy atom. The summed E-state index contributed by atoms with van der Waals surface area (Å²) in [4.78, 5) is 23.2. The summed E-state index contributed by atoms with van der Waals surface area (Å²) in [5.41, 5.74) is 0. The van der Waals surface area contributed by atoms with Crippen LogP contribution in [0.5, 0.6) is 5.75 Å². The Morgan fingerprint density at radius 1 is 0.913 bits per heavy atom. The quantitative estimate of drug-likeness (QED) is 0.415. The van der Waals surface area contributed by atoms with Gasteiger partial charge in [-0.2, -0.15) is 0 Å². The van der Waals surface area contributed by atoms with Crippen molar-refractivity contribution in [1.82, 2.24) is 0 Å². The minimum Gasteiger partial charge on any atom is -0.466 e. The Kier molecular flexibility index (Phi) is 6.60. The molecule has 0 unspecified atom stereocenters. The van der Waals surface area contributed by atoms with E-state index in [2.05, 4.69) is 0 Å². The fourth-order valence-electron chi connectivity index (χ4n) is 2.19. The third-order valence-electron chi connectivity index (χ3n) is 3.48. The second kappa shape index (κ2) is 8.93. The average Bonchev–Trinajstić information content (AvgIpc) is 2.55. The number of fused-ring (bicyclic) bond motifs is 1. The molecule has 2 aromatic carbocycles. The predicted molar refractivity (Wildman–Crippen MR) is 89.3 cm³/mol. The molecule has 0 spiro atoms. The molecular weight excluding hydrogens is 292 g/mol. The fraction of sp³-hybridized carbons (Fsp3) is 0.368. The average molecular weight is 314 g/mol. The maximum atomic E-state index is 11.8. The molecule has 0 aliphatic rings. The normalized spacial score (nSPS) is 10.5. The molecule has 4 nitrogen and oxygen atoms in total. The summed E-state index contributed by atoms with van der Waals surface area (Å²) in [5, 5.41) is 2.12. The van der Waals surface area contributed by atoms with Gasteiger partial charge in [-0.1, -0.05) is 43.7 Å². The van der Waals surface area contributed by atoms with Gasteiger partial charge in [0.1, 0.15) is 5.75 Å². The van der Waals surface area contributed by atoms with E-state index < -0.39 is 0 Å². The van der Waals surface area contributed by atoms with Gasteiger partial charge >= 0.3 is 11.9 Å². The maximum absolute atomic E-state index is 11.8. The molecule has 4 heteroatoms. The molecule has 0 amide bonds. The van der Waals surface area contributed by atoms with E-state index in [1.165, 1.54) is 0 Å². The van der Waals surface area contributed by atoms with Gasteiger partial charge in [0.15, 0.2) is 0 Å². The van der Waals surface area contributed by atoms with Crippen molar-refractivity contribution in [2.24, 2.45) is 0 Å². The van der Waals surface area contributed by atoms with Gasteiger partial charge < -0.3 is 9.47 Å². The highest BCUT2D eigenvalue weighted by Gasteiger charge is 2.08. The van der Waals surface area contributed by atoms with Crippen LogP contribution >= 0.6 is 0 Å². The van der Waals surface area contributed by atoms with Crippen molar-refractivity contribution in [3.05, 3.63) is 42.5 Å². The van der Waals surface area contributed by atoms with Crippen molar-refractivity contribution in [2.75, 3.05) is 6.61 Å². The summed E-state index contributed by atoms with van der Waals surface area (Å²) in [5.74, 6) is -0.0576. The molecule has 0 heterocycles. The first-order chi connectivity index (χ1) is 11.2. The molecule has 23 heavy (non-hydrogen) atoms. The van der Waals surface area contributed by atoms with Gasteiger partial charge in [-0.3, -0.25) is 9.59 Å². The molecular formula is C19H22O4. The summed E-state index contributed by atoms with van der Waals surface area (Å²) >= 11 is 0. The second-order valence-electron chi connectivity index (χ2n) is 5.41. The number of carbonyl (C=O) groups is 2. The van der Waals surface area contributed by atoms with Crippen LogP contribution in [-0.2, 0) is 14.3 Å². The highest BCUT2D eigenvalue weighted by atomic mass is 16.5. The van der Waals surface area contributed by atoms with Crippen molar-refractivity contribution in [2.45, 2.75) is 39.0 Å². The molecule has 0 aliphatic carbocycles. The molecule has 0 bridgehead atoms. The highest BCUT2D eigenvalue weighted by Crippen LogP contribution is 2.21. The number of rotatable bonds is 8. The minimum atomic E-state index is -0.332. The number of hydrogen-bond acceptors (Lipinski definition) is 4. The molecule has 2 aromatic rings. The molecule has 122 valence electrons. The maximum Gasteiger partial charge on any atom is 0.311 e. The third kappa shape index (κ3) is 5.74. The SMILES string of the molecule is CCCCOC(=O)CCCC(=O)Oc1ccc2ccccc2c1. The van der Waals surface area contributed by atoms with Crippen LogP contribution in [0, 0.1) is 0 Å². The summed E-state index contributed by atoms with van der Waals surface area (Å²) in [7, 11) is 0. The van der Waals surface area contributed by atoms with Crippen LogP contribution in [0.4, 0.5) is 0 Å². The lowest BCUT2D eigenvalue weighted by Gasteiger charge is -2.06. The lowest BCUT2D eigenvalue weighted by Crippen LogP contribution is -2.10. The van der Waals surface area contributed by atoms with Gasteiger partial charge in [0, 0.05) is 12.8 Å². The second-order valence-corrected chi connectivity index (χ2v) is 5.41. The highest BCUT2D eigenvalue weighted by molar-refractivity contribution is 5.84. The molecule has 0 aliphatic heterocycles. The minimum absolute atomic E-state index is 0.204. The molecule has 0 fully saturated rings. The Bertz CT molecular complexity index is 663. The van der Waals surface area contributed by atoms with Gasteiger partial charge in [-0.05, 0) is 35.7 Å². The summed E-state index contributed by atoms with van der Waals surface area (Å²) in [6, 6.07) is 13.4. The number of carbonyl (C=O) groups excluding carboxylic acids is 2. The summed E-state index contributed by atoms with van der Waals surface area (Å²) in [6.45, 7) is 2.49. The molecule has 0 N–H and O–H groups in total. The van der Waals surface area contributed by atoms with Gasteiger partial charge in [0.05, 0.1) is 6.61 Å². The first-order valence-corrected chi connectivity index (χ1v) is 8.04. The van der Waals surface area contributed by atoms with Crippen molar-refractivity contribution < 1.29 is 19.1 Å². The Morgan fingerprint density at radius 3 is 2.43 bits per heavy atom. The third-order valence-corrected chi connectivity index (χ3v) is 3.48. The largest absolute Gasteiger partial charge is 0.466 e. The lowest BCUT2D eigenvalue weighted by atomic mass is 10.1. The summed E-state index contributed by atoms with van der Waals surface area (Å²) < 4.78 is 10.4. The Hall–Kier alpha value is -2.36. The molecule has 0 radical (unpaired) electrons. The van der Waals surface area contributed by atoms with Crippen LogP contribution in [0.25, 0.3) is 10.8 Å². The van der Waals surface area contributed by atoms with Crippen LogP contribution in [0.3, 0.4) is 0 Å². The van der Waals surface area contributed by atoms with Crippen LogP contribution in [0.1, 0.15) is 39.0 Å². The standard InChI is InChI=1S/C19H22O4/c1-2-3-13-22-18(20)9-6-10-19(21)23-17-12-11-15-7-4-5-8-16(15)14-17/h4-5,7-8,11-12,14H,2-3,6,9-10,13H2,1H3. The van der Waals surface area contributed by atoms with Crippen LogP contribution in [-0.4, -0.2) is 18.5 Å². The van der Waals surface area contributed by atoms with E-state index in [0.29, 0.717) is 18.8 Å².